The highest BCUT2D eigenvalue weighted by molar-refractivity contribution is 5.94. The standard InChI is InChI=1S/C18H19NO2/c1-3-6-17(13-18(21)19-11-4-5-12-19)16-9-7-15(8-10-16)14(2)20/h3-5,7-12,17H,1,6,13H2,2H3. The van der Waals surface area contributed by atoms with Crippen molar-refractivity contribution in [3.05, 3.63) is 72.6 Å². The predicted octanol–water partition coefficient (Wildman–Crippen LogP) is 4.08. The van der Waals surface area contributed by atoms with Crippen LogP contribution in [0.4, 0.5) is 0 Å². The van der Waals surface area contributed by atoms with Crippen LogP contribution in [-0.2, 0) is 0 Å². The van der Waals surface area contributed by atoms with Crippen LogP contribution in [0.1, 0.15) is 46.4 Å². The van der Waals surface area contributed by atoms with Gasteiger partial charge in [0.2, 0.25) is 5.91 Å². The quantitative estimate of drug-likeness (QED) is 0.591. The number of benzene rings is 1. The fraction of sp³-hybridized carbons (Fsp3) is 0.222. The molecule has 1 aromatic carbocycles. The molecule has 0 amide bonds. The molecule has 1 heterocycles. The fourth-order valence-electron chi connectivity index (χ4n) is 2.35. The van der Waals surface area contributed by atoms with Gasteiger partial charge < -0.3 is 0 Å². The topological polar surface area (TPSA) is 39.1 Å². The SMILES string of the molecule is C=CCC(CC(=O)n1cccc1)c1ccc(C(C)=O)cc1. The zero-order valence-electron chi connectivity index (χ0n) is 12.2. The molecular formula is C18H19NO2. The van der Waals surface area contributed by atoms with Crippen LogP contribution in [0.25, 0.3) is 0 Å². The molecule has 2 aromatic rings. The van der Waals surface area contributed by atoms with E-state index in [1.54, 1.807) is 23.9 Å². The first-order chi connectivity index (χ1) is 10.1. The van der Waals surface area contributed by atoms with Gasteiger partial charge in [-0.05, 0) is 37.0 Å². The first kappa shape index (κ1) is 15.0. The van der Waals surface area contributed by atoms with E-state index in [1.807, 2.05) is 42.5 Å². The summed E-state index contributed by atoms with van der Waals surface area (Å²) < 4.78 is 1.60. The fourth-order valence-corrected chi connectivity index (χ4v) is 2.35. The van der Waals surface area contributed by atoms with E-state index in [2.05, 4.69) is 6.58 Å². The lowest BCUT2D eigenvalue weighted by Crippen LogP contribution is -2.13. The second kappa shape index (κ2) is 6.84. The van der Waals surface area contributed by atoms with Crippen LogP contribution < -0.4 is 0 Å². The number of hydrogen-bond acceptors (Lipinski definition) is 2. The lowest BCUT2D eigenvalue weighted by atomic mass is 9.91. The lowest BCUT2D eigenvalue weighted by molar-refractivity contribution is 0.0892. The van der Waals surface area contributed by atoms with Gasteiger partial charge in [-0.25, -0.2) is 0 Å². The molecule has 0 aliphatic rings. The molecule has 21 heavy (non-hydrogen) atoms. The molecule has 1 aromatic heterocycles. The first-order valence-corrected chi connectivity index (χ1v) is 6.99. The van der Waals surface area contributed by atoms with Crippen molar-refractivity contribution < 1.29 is 9.59 Å². The summed E-state index contributed by atoms with van der Waals surface area (Å²) in [5.74, 6) is 0.186. The van der Waals surface area contributed by atoms with Gasteiger partial charge in [-0.3, -0.25) is 14.2 Å². The molecule has 0 saturated heterocycles. The summed E-state index contributed by atoms with van der Waals surface area (Å²) in [7, 11) is 0. The summed E-state index contributed by atoms with van der Waals surface area (Å²) in [6, 6.07) is 11.1. The Balaban J connectivity index is 2.16. The Hall–Kier alpha value is -2.42. The lowest BCUT2D eigenvalue weighted by Gasteiger charge is -2.15. The van der Waals surface area contributed by atoms with Crippen LogP contribution in [0.15, 0.2) is 61.4 Å². The van der Waals surface area contributed by atoms with Gasteiger partial charge in [0.05, 0.1) is 0 Å². The van der Waals surface area contributed by atoms with Gasteiger partial charge >= 0.3 is 0 Å². The number of hydrogen-bond donors (Lipinski definition) is 0. The number of allylic oxidation sites excluding steroid dienone is 1. The summed E-state index contributed by atoms with van der Waals surface area (Å²) in [6.07, 6.45) is 6.48. The summed E-state index contributed by atoms with van der Waals surface area (Å²) in [5, 5.41) is 0. The summed E-state index contributed by atoms with van der Waals surface area (Å²) >= 11 is 0. The molecule has 1 atom stereocenters. The molecule has 0 fully saturated rings. The van der Waals surface area contributed by atoms with Crippen LogP contribution in [0, 0.1) is 0 Å². The third-order valence-electron chi connectivity index (χ3n) is 3.55. The minimum absolute atomic E-state index is 0.0465. The Morgan fingerprint density at radius 1 is 1.19 bits per heavy atom. The zero-order chi connectivity index (χ0) is 15.2. The number of carbonyl (C=O) groups is 2. The van der Waals surface area contributed by atoms with E-state index in [4.69, 9.17) is 0 Å². The molecule has 1 unspecified atom stereocenters. The number of carbonyl (C=O) groups excluding carboxylic acids is 2. The van der Waals surface area contributed by atoms with Crippen LogP contribution >= 0.6 is 0 Å². The Morgan fingerprint density at radius 3 is 2.33 bits per heavy atom. The molecule has 0 aliphatic heterocycles. The average molecular weight is 281 g/mol. The van der Waals surface area contributed by atoms with E-state index < -0.39 is 0 Å². The van der Waals surface area contributed by atoms with Crippen molar-refractivity contribution in [2.24, 2.45) is 0 Å². The summed E-state index contributed by atoms with van der Waals surface area (Å²) in [5.41, 5.74) is 1.74. The van der Waals surface area contributed by atoms with Gasteiger partial charge in [-0.2, -0.15) is 0 Å². The number of aromatic nitrogens is 1. The molecule has 0 radical (unpaired) electrons. The maximum Gasteiger partial charge on any atom is 0.231 e. The first-order valence-electron chi connectivity index (χ1n) is 6.99. The van der Waals surface area contributed by atoms with Crippen molar-refractivity contribution in [2.45, 2.75) is 25.7 Å². The van der Waals surface area contributed by atoms with Crippen LogP contribution in [0.3, 0.4) is 0 Å². The molecule has 0 aliphatic carbocycles. The highest BCUT2D eigenvalue weighted by Crippen LogP contribution is 2.25. The van der Waals surface area contributed by atoms with Gasteiger partial charge in [0.15, 0.2) is 5.78 Å². The molecule has 0 bridgehead atoms. The largest absolute Gasteiger partial charge is 0.295 e. The van der Waals surface area contributed by atoms with E-state index in [1.165, 1.54) is 0 Å². The van der Waals surface area contributed by atoms with Crippen molar-refractivity contribution in [3.8, 4) is 0 Å². The molecule has 0 spiro atoms. The Morgan fingerprint density at radius 2 is 1.81 bits per heavy atom. The van der Waals surface area contributed by atoms with E-state index in [0.29, 0.717) is 12.0 Å². The summed E-state index contributed by atoms with van der Waals surface area (Å²) in [4.78, 5) is 23.5. The zero-order valence-corrected chi connectivity index (χ0v) is 12.2. The Kier molecular flexibility index (Phi) is 4.88. The van der Waals surface area contributed by atoms with Crippen molar-refractivity contribution in [1.29, 1.82) is 0 Å². The third kappa shape index (κ3) is 3.78. The number of nitrogens with zero attached hydrogens (tertiary/aromatic N) is 1. The van der Waals surface area contributed by atoms with Gasteiger partial charge in [0.25, 0.3) is 0 Å². The number of ketones is 1. The monoisotopic (exact) mass is 281 g/mol. The highest BCUT2D eigenvalue weighted by Gasteiger charge is 2.16. The molecule has 2 rings (SSSR count). The number of rotatable bonds is 6. The minimum Gasteiger partial charge on any atom is -0.295 e. The normalized spacial score (nSPS) is 11.9. The van der Waals surface area contributed by atoms with Crippen molar-refractivity contribution in [1.82, 2.24) is 4.57 Å². The highest BCUT2D eigenvalue weighted by atomic mass is 16.2. The third-order valence-corrected chi connectivity index (χ3v) is 3.55. The number of Topliss-reactive ketones (excluding diaryl/α,β-unsaturated/α-hetero) is 1. The van der Waals surface area contributed by atoms with Crippen molar-refractivity contribution >= 4 is 11.7 Å². The molecule has 3 nitrogen and oxygen atoms in total. The Bertz CT molecular complexity index is 624. The summed E-state index contributed by atoms with van der Waals surface area (Å²) in [6.45, 7) is 5.32. The van der Waals surface area contributed by atoms with E-state index in [-0.39, 0.29) is 17.6 Å². The molecule has 3 heteroatoms. The van der Waals surface area contributed by atoms with Gasteiger partial charge in [-0.1, -0.05) is 30.3 Å². The molecule has 0 N–H and O–H groups in total. The average Bonchev–Trinajstić information content (AvgIpc) is 3.01. The van der Waals surface area contributed by atoms with Crippen LogP contribution in [-0.4, -0.2) is 16.3 Å². The van der Waals surface area contributed by atoms with Crippen LogP contribution in [0.5, 0.6) is 0 Å². The van der Waals surface area contributed by atoms with Crippen molar-refractivity contribution in [2.75, 3.05) is 0 Å². The van der Waals surface area contributed by atoms with Crippen LogP contribution in [0.2, 0.25) is 0 Å². The molecular weight excluding hydrogens is 262 g/mol. The minimum atomic E-state index is 0.0465. The maximum absolute atomic E-state index is 12.2. The Labute approximate surface area is 124 Å². The maximum atomic E-state index is 12.2. The molecule has 0 saturated carbocycles. The second-order valence-electron chi connectivity index (χ2n) is 5.09. The van der Waals surface area contributed by atoms with Gasteiger partial charge in [0.1, 0.15) is 0 Å². The molecule has 108 valence electrons. The van der Waals surface area contributed by atoms with E-state index in [0.717, 1.165) is 12.0 Å². The van der Waals surface area contributed by atoms with Crippen molar-refractivity contribution in [3.63, 3.8) is 0 Å². The second-order valence-corrected chi connectivity index (χ2v) is 5.09. The smallest absolute Gasteiger partial charge is 0.231 e. The van der Waals surface area contributed by atoms with E-state index >= 15 is 0 Å². The predicted molar refractivity (Wildman–Crippen MR) is 83.7 cm³/mol. The van der Waals surface area contributed by atoms with E-state index in [9.17, 15) is 9.59 Å². The van der Waals surface area contributed by atoms with Gasteiger partial charge in [0, 0.05) is 24.4 Å². The van der Waals surface area contributed by atoms with Gasteiger partial charge in [-0.15, -0.1) is 6.58 Å².